The fourth-order valence-corrected chi connectivity index (χ4v) is 2.29. The maximum atomic E-state index is 8.63. The van der Waals surface area contributed by atoms with Crippen LogP contribution >= 0.6 is 11.6 Å². The highest BCUT2D eigenvalue weighted by atomic mass is 35.5. The van der Waals surface area contributed by atoms with Crippen molar-refractivity contribution in [2.45, 2.75) is 19.3 Å². The fourth-order valence-electron chi connectivity index (χ4n) is 2.11. The Morgan fingerprint density at radius 2 is 2.32 bits per heavy atom. The summed E-state index contributed by atoms with van der Waals surface area (Å²) in [6, 6.07) is 5.45. The minimum Gasteiger partial charge on any atom is -0.495 e. The molecule has 5 nitrogen and oxygen atoms in total. The van der Waals surface area contributed by atoms with Crippen LogP contribution in [0.4, 0.5) is 5.69 Å². The summed E-state index contributed by atoms with van der Waals surface area (Å²) in [4.78, 5) is 0. The van der Waals surface area contributed by atoms with Crippen molar-refractivity contribution in [1.82, 2.24) is 0 Å². The van der Waals surface area contributed by atoms with E-state index >= 15 is 0 Å². The number of hydrogen-bond donors (Lipinski definition) is 3. The standard InChI is InChI=1S/C13H18ClN3O2/c1-19-11-3-2-9(14)6-10(11)16-8-13(4-5-13)7-12(15)17-18/h2-3,6,16,18H,4-5,7-8H2,1H3,(H2,15,17). The number of ether oxygens (including phenoxy) is 1. The van der Waals surface area contributed by atoms with Crippen LogP contribution in [0.2, 0.25) is 5.02 Å². The number of anilines is 1. The van der Waals surface area contributed by atoms with Crippen LogP contribution in [0.15, 0.2) is 23.4 Å². The number of nitrogens with zero attached hydrogens (tertiary/aromatic N) is 1. The molecule has 4 N–H and O–H groups in total. The molecule has 6 heteroatoms. The molecule has 0 heterocycles. The average Bonchev–Trinajstić information content (AvgIpc) is 3.16. The summed E-state index contributed by atoms with van der Waals surface area (Å²) in [6.45, 7) is 0.750. The predicted molar refractivity (Wildman–Crippen MR) is 76.2 cm³/mol. The van der Waals surface area contributed by atoms with Gasteiger partial charge >= 0.3 is 0 Å². The lowest BCUT2D eigenvalue weighted by Gasteiger charge is -2.17. The van der Waals surface area contributed by atoms with E-state index in [1.165, 1.54) is 0 Å². The van der Waals surface area contributed by atoms with E-state index in [1.54, 1.807) is 13.2 Å². The average molecular weight is 284 g/mol. The van der Waals surface area contributed by atoms with E-state index in [-0.39, 0.29) is 11.3 Å². The number of methoxy groups -OCH3 is 1. The van der Waals surface area contributed by atoms with Crippen molar-refractivity contribution < 1.29 is 9.94 Å². The Kier molecular flexibility index (Phi) is 4.04. The molecule has 0 unspecified atom stereocenters. The lowest BCUT2D eigenvalue weighted by molar-refractivity contribution is 0.315. The quantitative estimate of drug-likeness (QED) is 0.324. The van der Waals surface area contributed by atoms with Crippen molar-refractivity contribution in [3.05, 3.63) is 23.2 Å². The van der Waals surface area contributed by atoms with Gasteiger partial charge in [-0.15, -0.1) is 0 Å². The van der Waals surface area contributed by atoms with Crippen molar-refractivity contribution in [2.24, 2.45) is 16.3 Å². The molecule has 1 aliphatic carbocycles. The molecule has 0 aliphatic heterocycles. The summed E-state index contributed by atoms with van der Waals surface area (Å²) in [7, 11) is 1.62. The molecule has 2 rings (SSSR count). The maximum absolute atomic E-state index is 8.63. The SMILES string of the molecule is COc1ccc(Cl)cc1NCC1(CC(N)=NO)CC1. The van der Waals surface area contributed by atoms with Gasteiger partial charge in [-0.2, -0.15) is 0 Å². The molecular weight excluding hydrogens is 266 g/mol. The first-order valence-electron chi connectivity index (χ1n) is 6.12. The van der Waals surface area contributed by atoms with Crippen LogP contribution in [-0.4, -0.2) is 24.7 Å². The van der Waals surface area contributed by atoms with Crippen molar-refractivity contribution in [2.75, 3.05) is 19.0 Å². The topological polar surface area (TPSA) is 79.9 Å². The summed E-state index contributed by atoms with van der Waals surface area (Å²) in [5.41, 5.74) is 6.52. The molecular formula is C13H18ClN3O2. The van der Waals surface area contributed by atoms with E-state index in [2.05, 4.69) is 10.5 Å². The predicted octanol–water partition coefficient (Wildman–Crippen LogP) is 2.68. The first kappa shape index (κ1) is 13.8. The molecule has 0 amide bonds. The molecule has 1 saturated carbocycles. The van der Waals surface area contributed by atoms with Gasteiger partial charge in [0.15, 0.2) is 0 Å². The Bertz CT molecular complexity index is 487. The second-order valence-electron chi connectivity index (χ2n) is 4.97. The number of halogens is 1. The highest BCUT2D eigenvalue weighted by Crippen LogP contribution is 2.49. The Hall–Kier alpha value is -1.62. The maximum Gasteiger partial charge on any atom is 0.142 e. The van der Waals surface area contributed by atoms with Gasteiger partial charge in [0, 0.05) is 18.0 Å². The first-order chi connectivity index (χ1) is 9.08. The lowest BCUT2D eigenvalue weighted by Crippen LogP contribution is -2.23. The van der Waals surface area contributed by atoms with Gasteiger partial charge in [0.05, 0.1) is 12.8 Å². The van der Waals surface area contributed by atoms with Crippen LogP contribution in [-0.2, 0) is 0 Å². The molecule has 1 aromatic carbocycles. The van der Waals surface area contributed by atoms with Gasteiger partial charge < -0.3 is 21.0 Å². The van der Waals surface area contributed by atoms with E-state index < -0.39 is 0 Å². The van der Waals surface area contributed by atoms with Gasteiger partial charge in [0.25, 0.3) is 0 Å². The monoisotopic (exact) mass is 283 g/mol. The molecule has 104 valence electrons. The molecule has 0 bridgehead atoms. The van der Waals surface area contributed by atoms with Crippen molar-refractivity contribution in [3.8, 4) is 5.75 Å². The van der Waals surface area contributed by atoms with E-state index in [0.29, 0.717) is 11.4 Å². The fraction of sp³-hybridized carbons (Fsp3) is 0.462. The number of benzene rings is 1. The van der Waals surface area contributed by atoms with Crippen LogP contribution in [0, 0.1) is 5.41 Å². The van der Waals surface area contributed by atoms with Crippen molar-refractivity contribution in [1.29, 1.82) is 0 Å². The molecule has 1 aliphatic rings. The largest absolute Gasteiger partial charge is 0.495 e. The number of amidine groups is 1. The number of hydrogen-bond acceptors (Lipinski definition) is 4. The zero-order chi connectivity index (χ0) is 13.9. The summed E-state index contributed by atoms with van der Waals surface area (Å²) in [5, 5.41) is 15.7. The zero-order valence-electron chi connectivity index (χ0n) is 10.8. The smallest absolute Gasteiger partial charge is 0.142 e. The molecule has 0 spiro atoms. The summed E-state index contributed by atoms with van der Waals surface area (Å²) < 4.78 is 5.28. The van der Waals surface area contributed by atoms with Crippen LogP contribution in [0.3, 0.4) is 0 Å². The Morgan fingerprint density at radius 3 is 2.89 bits per heavy atom. The van der Waals surface area contributed by atoms with E-state index in [1.807, 2.05) is 12.1 Å². The highest BCUT2D eigenvalue weighted by molar-refractivity contribution is 6.30. The van der Waals surface area contributed by atoms with Gasteiger partial charge in [-0.1, -0.05) is 16.8 Å². The van der Waals surface area contributed by atoms with Gasteiger partial charge in [-0.05, 0) is 36.5 Å². The Morgan fingerprint density at radius 1 is 1.58 bits per heavy atom. The lowest BCUT2D eigenvalue weighted by atomic mass is 10.0. The molecule has 19 heavy (non-hydrogen) atoms. The molecule has 0 radical (unpaired) electrons. The van der Waals surface area contributed by atoms with Crippen LogP contribution < -0.4 is 15.8 Å². The zero-order valence-corrected chi connectivity index (χ0v) is 11.6. The van der Waals surface area contributed by atoms with Crippen LogP contribution in [0.5, 0.6) is 5.75 Å². The van der Waals surface area contributed by atoms with Gasteiger partial charge in [-0.25, -0.2) is 0 Å². The van der Waals surface area contributed by atoms with Crippen LogP contribution in [0.1, 0.15) is 19.3 Å². The third kappa shape index (κ3) is 3.44. The van der Waals surface area contributed by atoms with Crippen molar-refractivity contribution in [3.63, 3.8) is 0 Å². The highest BCUT2D eigenvalue weighted by Gasteiger charge is 2.43. The number of nitrogens with two attached hydrogens (primary N) is 1. The first-order valence-corrected chi connectivity index (χ1v) is 6.50. The second kappa shape index (κ2) is 5.57. The normalized spacial score (nSPS) is 17.1. The number of nitrogens with one attached hydrogen (secondary N) is 1. The minimum atomic E-state index is 0.0869. The van der Waals surface area contributed by atoms with Gasteiger partial charge in [0.2, 0.25) is 0 Å². The minimum absolute atomic E-state index is 0.0869. The Labute approximate surface area is 117 Å². The van der Waals surface area contributed by atoms with E-state index in [9.17, 15) is 0 Å². The van der Waals surface area contributed by atoms with E-state index in [0.717, 1.165) is 30.8 Å². The summed E-state index contributed by atoms with van der Waals surface area (Å²) in [5.74, 6) is 1.03. The van der Waals surface area contributed by atoms with Gasteiger partial charge in [-0.3, -0.25) is 0 Å². The second-order valence-corrected chi connectivity index (χ2v) is 5.40. The Balaban J connectivity index is 2.01. The van der Waals surface area contributed by atoms with Crippen LogP contribution in [0.25, 0.3) is 0 Å². The molecule has 0 aromatic heterocycles. The van der Waals surface area contributed by atoms with Gasteiger partial charge in [0.1, 0.15) is 11.6 Å². The molecule has 0 saturated heterocycles. The van der Waals surface area contributed by atoms with Crippen molar-refractivity contribution >= 4 is 23.1 Å². The third-order valence-electron chi connectivity index (χ3n) is 3.46. The number of rotatable bonds is 6. The third-order valence-corrected chi connectivity index (χ3v) is 3.69. The summed E-state index contributed by atoms with van der Waals surface area (Å²) >= 11 is 5.98. The summed E-state index contributed by atoms with van der Waals surface area (Å²) in [6.07, 6.45) is 2.73. The van der Waals surface area contributed by atoms with E-state index in [4.69, 9.17) is 27.3 Å². The number of oxime groups is 1. The molecule has 1 aromatic rings. The molecule has 0 atom stereocenters. The molecule has 1 fully saturated rings.